The van der Waals surface area contributed by atoms with Gasteiger partial charge in [-0.25, -0.2) is 28.6 Å². The first kappa shape index (κ1) is 47.6. The van der Waals surface area contributed by atoms with Crippen molar-refractivity contribution in [2.45, 2.75) is 70.4 Å². The van der Waals surface area contributed by atoms with Crippen molar-refractivity contribution >= 4 is 69.1 Å². The van der Waals surface area contributed by atoms with E-state index < -0.39 is 90.7 Å². The highest BCUT2D eigenvalue weighted by Gasteiger charge is 2.50. The fourth-order valence-electron chi connectivity index (χ4n) is 4.81. The Bertz CT molecular complexity index is 1860. The number of hydrogen-bond donors (Lipinski definition) is 10. The fraction of sp³-hybridized carbons (Fsp3) is 0.630. The number of rotatable bonds is 22. The Hall–Kier alpha value is -2.74. The topological polar surface area (TPSA) is 384 Å². The monoisotopic (exact) mass is 879 g/mol. The summed E-state index contributed by atoms with van der Waals surface area (Å²) in [5, 5.41) is 35.6. The number of nitrogens with two attached hydrogens (primary N) is 1. The number of anilines is 1. The van der Waals surface area contributed by atoms with E-state index in [2.05, 4.69) is 34.4 Å². The van der Waals surface area contributed by atoms with E-state index in [1.807, 2.05) is 0 Å². The third-order valence-electron chi connectivity index (χ3n) is 7.56. The normalized spacial score (nSPS) is 22.4. The molecule has 29 heteroatoms. The van der Waals surface area contributed by atoms with Crippen LogP contribution >= 0.6 is 35.2 Å². The maximum Gasteiger partial charge on any atom is 0.481 e. The smallest absolute Gasteiger partial charge is 0.389 e. The first-order valence-corrected chi connectivity index (χ1v) is 21.8. The first-order valence-electron chi connectivity index (χ1n) is 16.3. The molecule has 0 saturated carbocycles. The van der Waals surface area contributed by atoms with Crippen molar-refractivity contribution in [1.82, 2.24) is 30.2 Å². The molecule has 8 atom stereocenters. The van der Waals surface area contributed by atoms with Gasteiger partial charge >= 0.3 is 23.5 Å². The number of phosphoric ester groups is 3. The maximum atomic E-state index is 12.7. The van der Waals surface area contributed by atoms with Gasteiger partial charge in [-0.05, 0) is 6.92 Å². The molecule has 2 aromatic heterocycles. The van der Waals surface area contributed by atoms with Gasteiger partial charge in [-0.1, -0.05) is 37.8 Å². The number of hydrogen-bond acceptors (Lipinski definition) is 19. The average Bonchev–Trinajstić information content (AvgIpc) is 3.64. The Balaban J connectivity index is 1.48. The average molecular weight is 880 g/mol. The molecule has 11 N–H and O–H groups in total. The van der Waals surface area contributed by atoms with Crippen LogP contribution in [-0.4, -0.2) is 134 Å². The fourth-order valence-corrected chi connectivity index (χ4v) is 8.36. The number of aliphatic hydroxyl groups excluding tert-OH is 3. The molecule has 56 heavy (non-hydrogen) atoms. The number of nitrogens with zero attached hydrogens (tertiary/aromatic N) is 4. The molecule has 1 saturated heterocycles. The number of aromatic nitrogens is 4. The second kappa shape index (κ2) is 20.3. The number of nitrogen functional groups attached to an aromatic ring is 1. The minimum atomic E-state index is -5.58. The van der Waals surface area contributed by atoms with Crippen LogP contribution in [0.4, 0.5) is 5.82 Å². The molecule has 3 heterocycles. The summed E-state index contributed by atoms with van der Waals surface area (Å²) in [5.41, 5.74) is 4.23. The first-order chi connectivity index (χ1) is 25.9. The number of allylic oxidation sites excluding steroid dienone is 1. The van der Waals surface area contributed by atoms with E-state index in [1.54, 1.807) is 13.0 Å². The number of carbonyl (C=O) groups excluding carboxylic acids is 3. The summed E-state index contributed by atoms with van der Waals surface area (Å²) < 4.78 is 62.0. The van der Waals surface area contributed by atoms with Crippen molar-refractivity contribution in [2.24, 2.45) is 5.41 Å². The van der Waals surface area contributed by atoms with E-state index in [0.717, 1.165) is 29.0 Å². The zero-order valence-electron chi connectivity index (χ0n) is 30.0. The van der Waals surface area contributed by atoms with E-state index in [-0.39, 0.29) is 53.8 Å². The number of ether oxygens (including phenoxy) is 1. The van der Waals surface area contributed by atoms with E-state index in [1.165, 1.54) is 19.9 Å². The predicted octanol–water partition coefficient (Wildman–Crippen LogP) is -1.01. The Morgan fingerprint density at radius 2 is 1.75 bits per heavy atom. The molecular weight excluding hydrogens is 835 g/mol. The maximum absolute atomic E-state index is 12.7. The van der Waals surface area contributed by atoms with Crippen LogP contribution in [0.3, 0.4) is 0 Å². The largest absolute Gasteiger partial charge is 0.481 e. The zero-order valence-corrected chi connectivity index (χ0v) is 33.5. The van der Waals surface area contributed by atoms with E-state index in [0.29, 0.717) is 0 Å². The van der Waals surface area contributed by atoms with Crippen LogP contribution in [0.1, 0.15) is 39.8 Å². The van der Waals surface area contributed by atoms with Crippen LogP contribution in [0.25, 0.3) is 11.2 Å². The number of carbonyl (C=O) groups is 3. The third kappa shape index (κ3) is 14.6. The summed E-state index contributed by atoms with van der Waals surface area (Å²) in [6, 6.07) is 0. The Morgan fingerprint density at radius 1 is 1.07 bits per heavy atom. The summed E-state index contributed by atoms with van der Waals surface area (Å²) in [6.07, 6.45) is -4.89. The van der Waals surface area contributed by atoms with Crippen molar-refractivity contribution in [2.75, 3.05) is 37.8 Å². The summed E-state index contributed by atoms with van der Waals surface area (Å²) in [4.78, 5) is 87.3. The molecule has 3 rings (SSSR count). The molecule has 8 unspecified atom stereocenters. The molecule has 1 aliphatic rings. The lowest BCUT2D eigenvalue weighted by Crippen LogP contribution is -2.46. The number of imidazole rings is 1. The molecular formula is C27H44N7O18P3S. The van der Waals surface area contributed by atoms with Gasteiger partial charge < -0.3 is 56.0 Å². The van der Waals surface area contributed by atoms with Crippen LogP contribution in [0.2, 0.25) is 0 Å². The third-order valence-corrected chi connectivity index (χ3v) is 11.6. The number of aliphatic hydroxyl groups is 3. The predicted molar refractivity (Wildman–Crippen MR) is 193 cm³/mol. The van der Waals surface area contributed by atoms with Crippen LogP contribution < -0.4 is 16.4 Å². The highest BCUT2D eigenvalue weighted by Crippen LogP contribution is 2.61. The van der Waals surface area contributed by atoms with Gasteiger partial charge in [-0.2, -0.15) is 4.31 Å². The summed E-state index contributed by atoms with van der Waals surface area (Å²) >= 11 is 0.931. The standard InChI is InChI=1S/C27H44N7O18P3S/c1-4-5-15(35)10-18(37)56-9-8-29-17(36)6-7-30-25(40)22(39)27(2,3)12-49-55(46,47)52-54(44,45)48-11-16-21(51-53(41,42)43)20(38)26(50-16)34-14-33-19-23(28)31-13-32-24(19)34/h4-5,13-16,20-22,26,35,38-39H,6-12H2,1-3H3,(H,29,36)(H,30,40)(H,44,45)(H,46,47)(H2,28,31,32)(H2,41,42,43)/b5-4+. The van der Waals surface area contributed by atoms with Crippen molar-refractivity contribution in [3.63, 3.8) is 0 Å². The Kier molecular flexibility index (Phi) is 17.3. The summed E-state index contributed by atoms with van der Waals surface area (Å²) in [6.45, 7) is 2.04. The van der Waals surface area contributed by atoms with Crippen molar-refractivity contribution < 1.29 is 85.6 Å². The van der Waals surface area contributed by atoms with Crippen molar-refractivity contribution in [3.05, 3.63) is 24.8 Å². The van der Waals surface area contributed by atoms with Gasteiger partial charge in [-0.15, -0.1) is 0 Å². The minimum Gasteiger partial charge on any atom is -0.389 e. The molecule has 316 valence electrons. The highest BCUT2D eigenvalue weighted by atomic mass is 32.2. The number of fused-ring (bicyclic) bond motifs is 1. The van der Waals surface area contributed by atoms with Gasteiger partial charge in [-0.3, -0.25) is 32.5 Å². The van der Waals surface area contributed by atoms with Crippen LogP contribution in [0, 0.1) is 5.41 Å². The molecule has 0 spiro atoms. The van der Waals surface area contributed by atoms with E-state index in [4.69, 9.17) is 19.5 Å². The molecule has 25 nitrogen and oxygen atoms in total. The van der Waals surface area contributed by atoms with Crippen LogP contribution in [0.5, 0.6) is 0 Å². The van der Waals surface area contributed by atoms with Crippen molar-refractivity contribution in [1.29, 1.82) is 0 Å². The SMILES string of the molecule is C/C=C/C(O)CC(=O)SCCNC(=O)CCNC(=O)C(O)C(C)(C)COP(=O)(O)OP(=O)(O)OCC1OC(n2cnc3c(N)ncnc32)C(O)C1OP(=O)(O)O. The van der Waals surface area contributed by atoms with Gasteiger partial charge in [0.05, 0.1) is 25.6 Å². The summed E-state index contributed by atoms with van der Waals surface area (Å²) in [7, 11) is -16.4. The van der Waals surface area contributed by atoms with E-state index >= 15 is 0 Å². The van der Waals surface area contributed by atoms with Crippen LogP contribution in [-0.2, 0) is 50.7 Å². The number of thioether (sulfide) groups is 1. The van der Waals surface area contributed by atoms with Gasteiger partial charge in [0.15, 0.2) is 22.8 Å². The van der Waals surface area contributed by atoms with E-state index in [9.17, 15) is 63.0 Å². The molecule has 1 fully saturated rings. The lowest BCUT2D eigenvalue weighted by atomic mass is 9.87. The zero-order chi connectivity index (χ0) is 42.1. The molecule has 0 bridgehead atoms. The Labute approximate surface area is 322 Å². The Morgan fingerprint density at radius 3 is 2.41 bits per heavy atom. The van der Waals surface area contributed by atoms with Gasteiger partial charge in [0.25, 0.3) is 0 Å². The van der Waals surface area contributed by atoms with Gasteiger partial charge in [0, 0.05) is 37.1 Å². The summed E-state index contributed by atoms with van der Waals surface area (Å²) in [5.74, 6) is -1.28. The lowest BCUT2D eigenvalue weighted by molar-refractivity contribution is -0.137. The number of amides is 2. The van der Waals surface area contributed by atoms with Crippen molar-refractivity contribution in [3.8, 4) is 0 Å². The molecule has 1 aliphatic heterocycles. The second-order valence-corrected chi connectivity index (χ2v) is 18.0. The molecule has 0 radical (unpaired) electrons. The van der Waals surface area contributed by atoms with Gasteiger partial charge in [0.1, 0.15) is 36.3 Å². The van der Waals surface area contributed by atoms with Gasteiger partial charge in [0.2, 0.25) is 11.8 Å². The molecule has 0 aromatic carbocycles. The lowest BCUT2D eigenvalue weighted by Gasteiger charge is -2.30. The minimum absolute atomic E-state index is 0.0251. The van der Waals surface area contributed by atoms with Crippen LogP contribution in [0.15, 0.2) is 24.8 Å². The molecule has 2 aromatic rings. The molecule has 2 amide bonds. The second-order valence-electron chi connectivity index (χ2n) is 12.6. The number of phosphoric acid groups is 3. The molecule has 0 aliphatic carbocycles. The quantitative estimate of drug-likeness (QED) is 0.0385. The number of nitrogens with one attached hydrogen (secondary N) is 2. The highest BCUT2D eigenvalue weighted by molar-refractivity contribution is 8.13.